The zero-order valence-corrected chi connectivity index (χ0v) is 15.3. The maximum atomic E-state index is 12.4. The van der Waals surface area contributed by atoms with E-state index in [1.807, 2.05) is 55.5 Å². The number of unbranched alkanes of at least 4 members (excludes halogenated alkanes) is 1. The highest BCUT2D eigenvalue weighted by Gasteiger charge is 2.15. The van der Waals surface area contributed by atoms with Crippen LogP contribution in [0.5, 0.6) is 0 Å². The molecule has 0 saturated carbocycles. The molecular weight excluding hydrogens is 304 g/mol. The Bertz CT molecular complexity index is 506. The molecule has 0 aliphatic heterocycles. The van der Waals surface area contributed by atoms with Crippen molar-refractivity contribution in [3.8, 4) is 0 Å². The van der Waals surface area contributed by atoms with E-state index in [-0.39, 0.29) is 5.97 Å². The fourth-order valence-electron chi connectivity index (χ4n) is 2.11. The summed E-state index contributed by atoms with van der Waals surface area (Å²) in [6, 6.07) is 9.91. The second kappa shape index (κ2) is 12.0. The third kappa shape index (κ3) is 8.08. The number of benzene rings is 1. The summed E-state index contributed by atoms with van der Waals surface area (Å²) in [4.78, 5) is 14.1. The fraction of sp³-hybridized carbons (Fsp3) is 0.450. The Kier molecular flexibility index (Phi) is 10.2. The predicted octanol–water partition coefficient (Wildman–Crippen LogP) is 6.00. The van der Waals surface area contributed by atoms with Gasteiger partial charge < -0.3 is 4.74 Å². The Morgan fingerprint density at radius 3 is 2.61 bits per heavy atom. The van der Waals surface area contributed by atoms with Gasteiger partial charge in [-0.2, -0.15) is 0 Å². The van der Waals surface area contributed by atoms with Crippen molar-refractivity contribution in [2.75, 3.05) is 6.61 Å². The number of thioether (sulfide) groups is 1. The Labute approximate surface area is 145 Å². The Balaban J connectivity index is 2.65. The molecule has 1 atom stereocenters. The van der Waals surface area contributed by atoms with Crippen LogP contribution in [-0.2, 0) is 9.53 Å². The zero-order chi connectivity index (χ0) is 16.9. The molecule has 0 radical (unpaired) electrons. The number of hydrogen-bond donors (Lipinski definition) is 0. The minimum absolute atomic E-state index is 0.230. The second-order valence-electron chi connectivity index (χ2n) is 5.49. The minimum Gasteiger partial charge on any atom is -0.461 e. The first-order valence-corrected chi connectivity index (χ1v) is 9.25. The molecule has 126 valence electrons. The van der Waals surface area contributed by atoms with Crippen molar-refractivity contribution in [2.45, 2.75) is 51.3 Å². The van der Waals surface area contributed by atoms with Crippen LogP contribution in [-0.4, -0.2) is 12.6 Å². The van der Waals surface area contributed by atoms with Gasteiger partial charge in [-0.15, -0.1) is 0 Å². The Hall–Kier alpha value is -1.48. The summed E-state index contributed by atoms with van der Waals surface area (Å²) < 4.78 is 5.56. The van der Waals surface area contributed by atoms with Crippen LogP contribution in [0, 0.1) is 5.92 Å². The van der Waals surface area contributed by atoms with Crippen molar-refractivity contribution in [3.63, 3.8) is 0 Å². The number of carbonyl (C=O) groups excluding carboxylic acids is 1. The van der Waals surface area contributed by atoms with E-state index in [4.69, 9.17) is 4.74 Å². The molecule has 0 bridgehead atoms. The van der Waals surface area contributed by atoms with Gasteiger partial charge >= 0.3 is 5.97 Å². The normalized spacial score (nSPS) is 13.3. The van der Waals surface area contributed by atoms with Gasteiger partial charge in [0.05, 0.1) is 11.5 Å². The lowest BCUT2D eigenvalue weighted by Gasteiger charge is -2.15. The average molecular weight is 333 g/mol. The van der Waals surface area contributed by atoms with Gasteiger partial charge in [0, 0.05) is 4.90 Å². The first kappa shape index (κ1) is 19.6. The van der Waals surface area contributed by atoms with Crippen LogP contribution < -0.4 is 0 Å². The van der Waals surface area contributed by atoms with Crippen molar-refractivity contribution in [2.24, 2.45) is 5.92 Å². The van der Waals surface area contributed by atoms with E-state index in [1.54, 1.807) is 0 Å². The highest BCUT2D eigenvalue weighted by atomic mass is 32.2. The SMILES string of the molecule is C/C=C/C=C(/Sc1ccccc1)C(=O)OCC(CC)CCCC. The van der Waals surface area contributed by atoms with E-state index in [0.717, 1.165) is 17.7 Å². The predicted molar refractivity (Wildman–Crippen MR) is 99.5 cm³/mol. The van der Waals surface area contributed by atoms with Crippen LogP contribution in [0.2, 0.25) is 0 Å². The number of rotatable bonds is 10. The number of esters is 1. The monoisotopic (exact) mass is 332 g/mol. The van der Waals surface area contributed by atoms with Gasteiger partial charge in [-0.3, -0.25) is 0 Å². The highest BCUT2D eigenvalue weighted by molar-refractivity contribution is 8.04. The van der Waals surface area contributed by atoms with Gasteiger partial charge in [0.25, 0.3) is 0 Å². The van der Waals surface area contributed by atoms with Gasteiger partial charge in [0.2, 0.25) is 0 Å². The smallest absolute Gasteiger partial charge is 0.344 e. The van der Waals surface area contributed by atoms with Crippen LogP contribution in [0.3, 0.4) is 0 Å². The lowest BCUT2D eigenvalue weighted by atomic mass is 10.0. The van der Waals surface area contributed by atoms with E-state index in [0.29, 0.717) is 17.4 Å². The average Bonchev–Trinajstić information content (AvgIpc) is 2.59. The number of allylic oxidation sites excluding steroid dienone is 3. The molecule has 0 amide bonds. The maximum absolute atomic E-state index is 12.4. The van der Waals surface area contributed by atoms with Crippen molar-refractivity contribution in [1.82, 2.24) is 0 Å². The minimum atomic E-state index is -0.230. The summed E-state index contributed by atoms with van der Waals surface area (Å²) in [5.74, 6) is 0.232. The van der Waals surface area contributed by atoms with E-state index in [2.05, 4.69) is 13.8 Å². The summed E-state index contributed by atoms with van der Waals surface area (Å²) in [5.41, 5.74) is 0. The first-order valence-electron chi connectivity index (χ1n) is 8.44. The zero-order valence-electron chi connectivity index (χ0n) is 14.5. The molecule has 0 heterocycles. The molecule has 1 unspecified atom stereocenters. The molecule has 23 heavy (non-hydrogen) atoms. The molecule has 3 heteroatoms. The lowest BCUT2D eigenvalue weighted by Crippen LogP contribution is -2.14. The third-order valence-corrected chi connectivity index (χ3v) is 4.64. The lowest BCUT2D eigenvalue weighted by molar-refractivity contribution is -0.139. The third-order valence-electron chi connectivity index (χ3n) is 3.61. The topological polar surface area (TPSA) is 26.3 Å². The van der Waals surface area contributed by atoms with Crippen LogP contribution in [0.1, 0.15) is 46.5 Å². The summed E-state index contributed by atoms with van der Waals surface area (Å²) in [7, 11) is 0. The molecule has 0 aliphatic carbocycles. The summed E-state index contributed by atoms with van der Waals surface area (Å²) in [6.07, 6.45) is 10.2. The van der Waals surface area contributed by atoms with E-state index < -0.39 is 0 Å². The number of hydrogen-bond acceptors (Lipinski definition) is 3. The Morgan fingerprint density at radius 1 is 1.26 bits per heavy atom. The second-order valence-corrected chi connectivity index (χ2v) is 6.60. The van der Waals surface area contributed by atoms with E-state index in [9.17, 15) is 4.79 Å². The van der Waals surface area contributed by atoms with Crippen LogP contribution in [0.4, 0.5) is 0 Å². The molecular formula is C20H28O2S. The quantitative estimate of drug-likeness (QED) is 0.227. The molecule has 1 rings (SSSR count). The molecule has 2 nitrogen and oxygen atoms in total. The van der Waals surface area contributed by atoms with Gasteiger partial charge in [0.15, 0.2) is 0 Å². The number of carbonyl (C=O) groups is 1. The summed E-state index contributed by atoms with van der Waals surface area (Å²) >= 11 is 1.45. The first-order chi connectivity index (χ1) is 11.2. The summed E-state index contributed by atoms with van der Waals surface area (Å²) in [5, 5.41) is 0. The summed E-state index contributed by atoms with van der Waals surface area (Å²) in [6.45, 7) is 6.79. The molecule has 0 saturated heterocycles. The van der Waals surface area contributed by atoms with Gasteiger partial charge in [0.1, 0.15) is 0 Å². The molecule has 0 fully saturated rings. The van der Waals surface area contributed by atoms with Crippen molar-refractivity contribution < 1.29 is 9.53 Å². The van der Waals surface area contributed by atoms with Crippen LogP contribution >= 0.6 is 11.8 Å². The van der Waals surface area contributed by atoms with Gasteiger partial charge in [-0.1, -0.05) is 75.2 Å². The van der Waals surface area contributed by atoms with E-state index in [1.165, 1.54) is 24.6 Å². The van der Waals surface area contributed by atoms with Crippen molar-refractivity contribution >= 4 is 17.7 Å². The van der Waals surface area contributed by atoms with E-state index >= 15 is 0 Å². The molecule has 0 N–H and O–H groups in total. The molecule has 0 aromatic heterocycles. The highest BCUT2D eigenvalue weighted by Crippen LogP contribution is 2.27. The van der Waals surface area contributed by atoms with Crippen LogP contribution in [0.15, 0.2) is 58.4 Å². The van der Waals surface area contributed by atoms with Gasteiger partial charge in [-0.25, -0.2) is 4.79 Å². The van der Waals surface area contributed by atoms with Crippen molar-refractivity contribution in [3.05, 3.63) is 53.5 Å². The molecule has 0 aliphatic rings. The number of ether oxygens (including phenoxy) is 1. The van der Waals surface area contributed by atoms with Crippen LogP contribution in [0.25, 0.3) is 0 Å². The molecule has 1 aromatic rings. The van der Waals surface area contributed by atoms with Crippen molar-refractivity contribution in [1.29, 1.82) is 0 Å². The maximum Gasteiger partial charge on any atom is 0.344 e. The van der Waals surface area contributed by atoms with Gasteiger partial charge in [-0.05, 0) is 37.5 Å². The molecule has 1 aromatic carbocycles. The fourth-order valence-corrected chi connectivity index (χ4v) is 2.94. The standard InChI is InChI=1S/C20H28O2S/c1-4-7-12-17(6-3)16-22-20(21)19(15-8-5-2)23-18-13-10-9-11-14-18/h5,8-11,13-15,17H,4,6-7,12,16H2,1-3H3/b8-5+,19-15+. The Morgan fingerprint density at radius 2 is 2.00 bits per heavy atom. The molecule has 0 spiro atoms. The largest absolute Gasteiger partial charge is 0.461 e.